The second kappa shape index (κ2) is 7.56. The topological polar surface area (TPSA) is 57.3 Å². The van der Waals surface area contributed by atoms with Crippen molar-refractivity contribution in [1.29, 1.82) is 0 Å². The lowest BCUT2D eigenvalue weighted by Crippen LogP contribution is -2.20. The van der Waals surface area contributed by atoms with Crippen LogP contribution in [0.5, 0.6) is 0 Å². The number of nitrogens with one attached hydrogen (secondary N) is 2. The van der Waals surface area contributed by atoms with Crippen LogP contribution in [0.2, 0.25) is 0 Å². The Bertz CT molecular complexity index is 606. The van der Waals surface area contributed by atoms with Gasteiger partial charge in [0.15, 0.2) is 0 Å². The molecule has 0 unspecified atom stereocenters. The number of hydrogen-bond donors (Lipinski definition) is 2. The third-order valence-electron chi connectivity index (χ3n) is 3.21. The van der Waals surface area contributed by atoms with E-state index in [1.165, 1.54) is 0 Å². The molecule has 1 heterocycles. The molecule has 0 spiro atoms. The van der Waals surface area contributed by atoms with Crippen LogP contribution in [0.25, 0.3) is 0 Å². The summed E-state index contributed by atoms with van der Waals surface area (Å²) in [6, 6.07) is 11.2. The van der Waals surface area contributed by atoms with Gasteiger partial charge < -0.3 is 15.5 Å². The fraction of sp³-hybridized carbons (Fsp3) is 0.294. The largest absolute Gasteiger partial charge is 0.383 e. The van der Waals surface area contributed by atoms with E-state index in [0.29, 0.717) is 11.4 Å². The van der Waals surface area contributed by atoms with Gasteiger partial charge in [0.25, 0.3) is 5.91 Å². The summed E-state index contributed by atoms with van der Waals surface area (Å²) in [5.74, 6) is 0.393. The summed E-state index contributed by atoms with van der Waals surface area (Å²) < 4.78 is 0. The van der Waals surface area contributed by atoms with E-state index in [1.54, 1.807) is 12.3 Å². The molecule has 5 heteroatoms. The molecule has 0 fully saturated rings. The van der Waals surface area contributed by atoms with Crippen molar-refractivity contribution in [3.8, 4) is 0 Å². The van der Waals surface area contributed by atoms with Gasteiger partial charge in [-0.1, -0.05) is 17.7 Å². The molecular formula is C17H22N4O. The zero-order valence-corrected chi connectivity index (χ0v) is 13.3. The molecule has 2 aromatic rings. The molecule has 0 saturated heterocycles. The minimum Gasteiger partial charge on any atom is -0.383 e. The van der Waals surface area contributed by atoms with Crippen LogP contribution in [0.3, 0.4) is 0 Å². The molecule has 0 saturated carbocycles. The van der Waals surface area contributed by atoms with Crippen molar-refractivity contribution >= 4 is 17.4 Å². The van der Waals surface area contributed by atoms with E-state index >= 15 is 0 Å². The molecule has 0 aliphatic rings. The van der Waals surface area contributed by atoms with Crippen LogP contribution >= 0.6 is 0 Å². The smallest absolute Gasteiger partial charge is 0.256 e. The van der Waals surface area contributed by atoms with Crippen LogP contribution in [0.4, 0.5) is 11.5 Å². The first-order valence-corrected chi connectivity index (χ1v) is 7.27. The van der Waals surface area contributed by atoms with E-state index in [2.05, 4.69) is 20.5 Å². The Hall–Kier alpha value is -2.40. The maximum Gasteiger partial charge on any atom is 0.256 e. The Kier molecular flexibility index (Phi) is 5.49. The number of aromatic nitrogens is 1. The number of benzene rings is 1. The third-order valence-corrected chi connectivity index (χ3v) is 3.21. The first-order valence-electron chi connectivity index (χ1n) is 7.27. The van der Waals surface area contributed by atoms with Gasteiger partial charge in [0.05, 0.1) is 11.9 Å². The van der Waals surface area contributed by atoms with Crippen LogP contribution in [0.1, 0.15) is 15.9 Å². The molecule has 0 atom stereocenters. The van der Waals surface area contributed by atoms with Gasteiger partial charge in [0.1, 0.15) is 5.82 Å². The van der Waals surface area contributed by atoms with E-state index in [-0.39, 0.29) is 5.91 Å². The van der Waals surface area contributed by atoms with Crippen molar-refractivity contribution in [1.82, 2.24) is 9.88 Å². The van der Waals surface area contributed by atoms with Crippen LogP contribution in [-0.2, 0) is 0 Å². The van der Waals surface area contributed by atoms with Gasteiger partial charge >= 0.3 is 0 Å². The first-order chi connectivity index (χ1) is 10.5. The number of aryl methyl sites for hydroxylation is 1. The Balaban J connectivity index is 1.90. The first kappa shape index (κ1) is 16.0. The molecule has 0 radical (unpaired) electrons. The summed E-state index contributed by atoms with van der Waals surface area (Å²) in [4.78, 5) is 18.4. The minimum atomic E-state index is -0.152. The van der Waals surface area contributed by atoms with Crippen molar-refractivity contribution in [2.75, 3.05) is 37.8 Å². The maximum absolute atomic E-state index is 12.1. The number of carbonyl (C=O) groups is 1. The van der Waals surface area contributed by atoms with Crippen molar-refractivity contribution in [3.05, 3.63) is 53.7 Å². The van der Waals surface area contributed by atoms with E-state index in [9.17, 15) is 4.79 Å². The SMILES string of the molecule is Cc1ccc(C(=O)Nc2ccc(NCCN(C)C)cn2)cc1. The van der Waals surface area contributed by atoms with Crippen molar-refractivity contribution in [2.24, 2.45) is 0 Å². The van der Waals surface area contributed by atoms with Gasteiger partial charge in [0.2, 0.25) is 0 Å². The van der Waals surface area contributed by atoms with Crippen LogP contribution in [0, 0.1) is 6.92 Å². The zero-order chi connectivity index (χ0) is 15.9. The van der Waals surface area contributed by atoms with Crippen LogP contribution in [-0.4, -0.2) is 43.0 Å². The normalized spacial score (nSPS) is 10.5. The molecule has 0 aliphatic heterocycles. The Morgan fingerprint density at radius 1 is 1.14 bits per heavy atom. The Morgan fingerprint density at radius 3 is 2.45 bits per heavy atom. The fourth-order valence-electron chi connectivity index (χ4n) is 1.89. The van der Waals surface area contributed by atoms with E-state index in [0.717, 1.165) is 24.3 Å². The number of hydrogen-bond acceptors (Lipinski definition) is 4. The molecule has 2 N–H and O–H groups in total. The summed E-state index contributed by atoms with van der Waals surface area (Å²) in [5.41, 5.74) is 2.69. The molecule has 1 aromatic heterocycles. The molecular weight excluding hydrogens is 276 g/mol. The highest BCUT2D eigenvalue weighted by atomic mass is 16.1. The molecule has 2 rings (SSSR count). The lowest BCUT2D eigenvalue weighted by Gasteiger charge is -2.11. The lowest BCUT2D eigenvalue weighted by molar-refractivity contribution is 0.102. The quantitative estimate of drug-likeness (QED) is 0.861. The lowest BCUT2D eigenvalue weighted by atomic mass is 10.1. The van der Waals surface area contributed by atoms with Gasteiger partial charge in [-0.15, -0.1) is 0 Å². The zero-order valence-electron chi connectivity index (χ0n) is 13.3. The molecule has 22 heavy (non-hydrogen) atoms. The van der Waals surface area contributed by atoms with E-state index < -0.39 is 0 Å². The summed E-state index contributed by atoms with van der Waals surface area (Å²) >= 11 is 0. The average molecular weight is 298 g/mol. The molecule has 0 bridgehead atoms. The van der Waals surface area contributed by atoms with Crippen molar-refractivity contribution in [3.63, 3.8) is 0 Å². The molecule has 5 nitrogen and oxygen atoms in total. The predicted molar refractivity (Wildman–Crippen MR) is 90.4 cm³/mol. The Labute approximate surface area is 131 Å². The third kappa shape index (κ3) is 4.86. The fourth-order valence-corrected chi connectivity index (χ4v) is 1.89. The number of likely N-dealkylation sites (N-methyl/N-ethyl adjacent to an activating group) is 1. The number of amides is 1. The Morgan fingerprint density at radius 2 is 1.86 bits per heavy atom. The number of carbonyl (C=O) groups excluding carboxylic acids is 1. The summed E-state index contributed by atoms with van der Waals surface area (Å²) in [5, 5.41) is 6.07. The van der Waals surface area contributed by atoms with Crippen LogP contribution < -0.4 is 10.6 Å². The average Bonchev–Trinajstić information content (AvgIpc) is 2.49. The molecule has 116 valence electrons. The van der Waals surface area contributed by atoms with Gasteiger partial charge in [-0.2, -0.15) is 0 Å². The number of pyridine rings is 1. The summed E-state index contributed by atoms with van der Waals surface area (Å²) in [7, 11) is 4.06. The number of anilines is 2. The molecule has 1 amide bonds. The molecule has 0 aliphatic carbocycles. The standard InChI is InChI=1S/C17H22N4O/c1-13-4-6-14(7-5-13)17(22)20-16-9-8-15(12-19-16)18-10-11-21(2)3/h4-9,12,18H,10-11H2,1-3H3,(H,19,20,22). The van der Waals surface area contributed by atoms with Gasteiger partial charge in [0, 0.05) is 18.7 Å². The highest BCUT2D eigenvalue weighted by Gasteiger charge is 2.06. The highest BCUT2D eigenvalue weighted by molar-refractivity contribution is 6.03. The monoisotopic (exact) mass is 298 g/mol. The maximum atomic E-state index is 12.1. The van der Waals surface area contributed by atoms with E-state index in [1.807, 2.05) is 51.4 Å². The van der Waals surface area contributed by atoms with Crippen molar-refractivity contribution in [2.45, 2.75) is 6.92 Å². The highest BCUT2D eigenvalue weighted by Crippen LogP contribution is 2.11. The van der Waals surface area contributed by atoms with Crippen LogP contribution in [0.15, 0.2) is 42.6 Å². The summed E-state index contributed by atoms with van der Waals surface area (Å²) in [6.07, 6.45) is 1.72. The molecule has 1 aromatic carbocycles. The summed E-state index contributed by atoms with van der Waals surface area (Å²) in [6.45, 7) is 3.79. The second-order valence-corrected chi connectivity index (χ2v) is 5.48. The van der Waals surface area contributed by atoms with Gasteiger partial charge in [-0.05, 0) is 45.3 Å². The van der Waals surface area contributed by atoms with E-state index in [4.69, 9.17) is 0 Å². The number of rotatable bonds is 6. The van der Waals surface area contributed by atoms with Gasteiger partial charge in [-0.25, -0.2) is 4.98 Å². The van der Waals surface area contributed by atoms with Gasteiger partial charge in [-0.3, -0.25) is 4.79 Å². The minimum absolute atomic E-state index is 0.152. The second-order valence-electron chi connectivity index (χ2n) is 5.48. The van der Waals surface area contributed by atoms with Crippen molar-refractivity contribution < 1.29 is 4.79 Å². The number of nitrogens with zero attached hydrogens (tertiary/aromatic N) is 2. The predicted octanol–water partition coefficient (Wildman–Crippen LogP) is 2.62.